The molecule has 2 amide bonds. The van der Waals surface area contributed by atoms with E-state index in [2.05, 4.69) is 14.9 Å². The van der Waals surface area contributed by atoms with Gasteiger partial charge in [-0.25, -0.2) is 4.79 Å². The van der Waals surface area contributed by atoms with Gasteiger partial charge in [-0.15, -0.1) is 5.10 Å². The number of carbonyl (C=O) groups excluding carboxylic acids is 1. The van der Waals surface area contributed by atoms with Crippen molar-refractivity contribution in [3.63, 3.8) is 0 Å². The molecule has 0 bridgehead atoms. The predicted octanol–water partition coefficient (Wildman–Crippen LogP) is 2.15. The van der Waals surface area contributed by atoms with Crippen molar-refractivity contribution >= 4 is 28.3 Å². The van der Waals surface area contributed by atoms with Gasteiger partial charge in [0, 0.05) is 32.2 Å². The Hall–Kier alpha value is -2.15. The standard InChI is InChI=1S/C13H15N5OS/c1-14-12-10(15-16-20-12)8-18-11-6-4-3-5-9(11)7-17(2)13(18)19/h3-6,14H,7-8H2,1-2H3. The molecule has 1 aliphatic rings. The van der Waals surface area contributed by atoms with Crippen molar-refractivity contribution in [2.24, 2.45) is 0 Å². The number of rotatable bonds is 3. The zero-order valence-electron chi connectivity index (χ0n) is 11.3. The van der Waals surface area contributed by atoms with Gasteiger partial charge in [0.1, 0.15) is 10.7 Å². The van der Waals surface area contributed by atoms with Gasteiger partial charge in [0.2, 0.25) is 0 Å². The summed E-state index contributed by atoms with van der Waals surface area (Å²) in [5, 5.41) is 8.06. The molecule has 0 spiro atoms. The minimum Gasteiger partial charge on any atom is -0.377 e. The first-order chi connectivity index (χ1) is 9.70. The molecule has 1 aromatic carbocycles. The van der Waals surface area contributed by atoms with Crippen molar-refractivity contribution in [3.05, 3.63) is 35.5 Å². The summed E-state index contributed by atoms with van der Waals surface area (Å²) in [6.45, 7) is 1.06. The van der Waals surface area contributed by atoms with Crippen LogP contribution in [-0.2, 0) is 13.1 Å². The summed E-state index contributed by atoms with van der Waals surface area (Å²) in [6, 6.07) is 7.94. The van der Waals surface area contributed by atoms with E-state index in [1.54, 1.807) is 9.80 Å². The molecule has 0 saturated heterocycles. The van der Waals surface area contributed by atoms with Crippen LogP contribution in [0.4, 0.5) is 15.5 Å². The Kier molecular flexibility index (Phi) is 3.27. The first kappa shape index (κ1) is 12.9. The van der Waals surface area contributed by atoms with Crippen LogP contribution in [0.1, 0.15) is 11.3 Å². The van der Waals surface area contributed by atoms with Crippen molar-refractivity contribution in [1.82, 2.24) is 14.5 Å². The van der Waals surface area contributed by atoms with Gasteiger partial charge in [-0.2, -0.15) is 0 Å². The van der Waals surface area contributed by atoms with E-state index < -0.39 is 0 Å². The number of amides is 2. The maximum absolute atomic E-state index is 12.4. The third kappa shape index (κ3) is 2.09. The van der Waals surface area contributed by atoms with E-state index in [1.165, 1.54) is 11.5 Å². The molecule has 0 radical (unpaired) electrons. The van der Waals surface area contributed by atoms with Crippen LogP contribution < -0.4 is 10.2 Å². The Morgan fingerprint density at radius 2 is 2.20 bits per heavy atom. The lowest BCUT2D eigenvalue weighted by atomic mass is 10.1. The molecule has 3 rings (SSSR count). The lowest BCUT2D eigenvalue weighted by Gasteiger charge is -2.34. The van der Waals surface area contributed by atoms with E-state index in [1.807, 2.05) is 38.4 Å². The minimum absolute atomic E-state index is 0.0150. The van der Waals surface area contributed by atoms with Gasteiger partial charge in [0.25, 0.3) is 0 Å². The Morgan fingerprint density at radius 1 is 1.40 bits per heavy atom. The molecule has 2 heterocycles. The van der Waals surface area contributed by atoms with E-state index >= 15 is 0 Å². The molecule has 1 aromatic heterocycles. The van der Waals surface area contributed by atoms with Crippen LogP contribution in [0.5, 0.6) is 0 Å². The molecule has 2 aromatic rings. The summed E-state index contributed by atoms with van der Waals surface area (Å²) in [6.07, 6.45) is 0. The van der Waals surface area contributed by atoms with E-state index in [0.29, 0.717) is 13.1 Å². The summed E-state index contributed by atoms with van der Waals surface area (Å²) in [4.78, 5) is 15.9. The number of para-hydroxylation sites is 1. The highest BCUT2D eigenvalue weighted by molar-refractivity contribution is 7.10. The lowest BCUT2D eigenvalue weighted by Crippen LogP contribution is -2.44. The van der Waals surface area contributed by atoms with Crippen molar-refractivity contribution in [1.29, 1.82) is 0 Å². The van der Waals surface area contributed by atoms with Crippen LogP contribution in [0.15, 0.2) is 24.3 Å². The monoisotopic (exact) mass is 289 g/mol. The van der Waals surface area contributed by atoms with Gasteiger partial charge < -0.3 is 10.2 Å². The fourth-order valence-electron chi connectivity index (χ4n) is 2.34. The molecule has 1 N–H and O–H groups in total. The summed E-state index contributed by atoms with van der Waals surface area (Å²) in [5.74, 6) is 0. The fraction of sp³-hybridized carbons (Fsp3) is 0.308. The molecular formula is C13H15N5OS. The highest BCUT2D eigenvalue weighted by Crippen LogP contribution is 2.30. The van der Waals surface area contributed by atoms with Crippen LogP contribution in [-0.4, -0.2) is 34.6 Å². The highest BCUT2D eigenvalue weighted by atomic mass is 32.1. The molecule has 0 saturated carbocycles. The van der Waals surface area contributed by atoms with Crippen LogP contribution >= 0.6 is 11.5 Å². The van der Waals surface area contributed by atoms with Crippen LogP contribution in [0.25, 0.3) is 0 Å². The van der Waals surface area contributed by atoms with Crippen LogP contribution in [0.3, 0.4) is 0 Å². The average Bonchev–Trinajstić information content (AvgIpc) is 2.91. The second-order valence-electron chi connectivity index (χ2n) is 4.65. The van der Waals surface area contributed by atoms with Crippen LogP contribution in [0, 0.1) is 0 Å². The van der Waals surface area contributed by atoms with Gasteiger partial charge in [0.15, 0.2) is 0 Å². The van der Waals surface area contributed by atoms with Crippen molar-refractivity contribution in [3.8, 4) is 0 Å². The van der Waals surface area contributed by atoms with Crippen molar-refractivity contribution in [2.45, 2.75) is 13.1 Å². The Bertz CT molecular complexity index is 641. The molecule has 0 aliphatic carbocycles. The average molecular weight is 289 g/mol. The zero-order chi connectivity index (χ0) is 14.1. The summed E-state index contributed by atoms with van der Waals surface area (Å²) >= 11 is 1.30. The number of nitrogens with zero attached hydrogens (tertiary/aromatic N) is 4. The van der Waals surface area contributed by atoms with E-state index in [0.717, 1.165) is 21.9 Å². The maximum atomic E-state index is 12.4. The van der Waals surface area contributed by atoms with E-state index in [-0.39, 0.29) is 6.03 Å². The molecule has 7 heteroatoms. The number of urea groups is 1. The molecule has 0 atom stereocenters. The Balaban J connectivity index is 1.97. The van der Waals surface area contributed by atoms with E-state index in [4.69, 9.17) is 0 Å². The van der Waals surface area contributed by atoms with Crippen molar-refractivity contribution < 1.29 is 4.79 Å². The number of hydrogen-bond donors (Lipinski definition) is 1. The number of aromatic nitrogens is 2. The van der Waals surface area contributed by atoms with Gasteiger partial charge >= 0.3 is 6.03 Å². The highest BCUT2D eigenvalue weighted by Gasteiger charge is 2.29. The Morgan fingerprint density at radius 3 is 3.00 bits per heavy atom. The molecular weight excluding hydrogens is 274 g/mol. The molecule has 20 heavy (non-hydrogen) atoms. The third-order valence-corrected chi connectivity index (χ3v) is 4.12. The Labute approximate surface area is 121 Å². The molecule has 1 aliphatic heterocycles. The van der Waals surface area contributed by atoms with Crippen LogP contribution in [0.2, 0.25) is 0 Å². The van der Waals surface area contributed by atoms with Gasteiger partial charge in [-0.05, 0) is 11.6 Å². The number of anilines is 2. The molecule has 0 fully saturated rings. The zero-order valence-corrected chi connectivity index (χ0v) is 12.1. The smallest absolute Gasteiger partial charge is 0.324 e. The molecule has 0 unspecified atom stereocenters. The lowest BCUT2D eigenvalue weighted by molar-refractivity contribution is 0.210. The SMILES string of the molecule is CNc1snnc1CN1C(=O)N(C)Cc2ccccc21. The quantitative estimate of drug-likeness (QED) is 0.940. The third-order valence-electron chi connectivity index (χ3n) is 3.34. The summed E-state index contributed by atoms with van der Waals surface area (Å²) in [5.41, 5.74) is 2.88. The minimum atomic E-state index is -0.0150. The fourth-order valence-corrected chi connectivity index (χ4v) is 2.87. The van der Waals surface area contributed by atoms with Gasteiger partial charge in [0.05, 0.1) is 12.2 Å². The number of fused-ring (bicyclic) bond motifs is 1. The normalized spacial score (nSPS) is 14.4. The molecule has 6 nitrogen and oxygen atoms in total. The predicted molar refractivity (Wildman–Crippen MR) is 78.9 cm³/mol. The molecule has 104 valence electrons. The number of benzene rings is 1. The largest absolute Gasteiger partial charge is 0.377 e. The summed E-state index contributed by atoms with van der Waals surface area (Å²) in [7, 11) is 3.64. The maximum Gasteiger partial charge on any atom is 0.324 e. The van der Waals surface area contributed by atoms with Crippen molar-refractivity contribution in [2.75, 3.05) is 24.3 Å². The summed E-state index contributed by atoms with van der Waals surface area (Å²) < 4.78 is 3.94. The van der Waals surface area contributed by atoms with Gasteiger partial charge in [-0.1, -0.05) is 22.7 Å². The second kappa shape index (κ2) is 5.09. The topological polar surface area (TPSA) is 61.4 Å². The second-order valence-corrected chi connectivity index (χ2v) is 5.41. The number of carbonyl (C=O) groups is 1. The number of nitrogens with one attached hydrogen (secondary N) is 1. The first-order valence-corrected chi connectivity index (χ1v) is 7.07. The van der Waals surface area contributed by atoms with E-state index in [9.17, 15) is 4.79 Å². The van der Waals surface area contributed by atoms with Gasteiger partial charge in [-0.3, -0.25) is 4.90 Å². The number of hydrogen-bond acceptors (Lipinski definition) is 5. The first-order valence-electron chi connectivity index (χ1n) is 6.30.